The molecular weight excluding hydrogens is 352 g/mol. The molecule has 1 aromatic carbocycles. The van der Waals surface area contributed by atoms with E-state index < -0.39 is 5.54 Å². The van der Waals surface area contributed by atoms with E-state index in [2.05, 4.69) is 4.90 Å². The zero-order chi connectivity index (χ0) is 19.1. The molecule has 2 aliphatic heterocycles. The number of fused-ring (bicyclic) bond motifs is 1. The summed E-state index contributed by atoms with van der Waals surface area (Å²) >= 11 is 0. The van der Waals surface area contributed by atoms with Gasteiger partial charge in [0, 0.05) is 13.1 Å². The second kappa shape index (κ2) is 5.46. The normalized spacial score (nSPS) is 38.4. The minimum atomic E-state index is -0.466. The molecule has 7 rings (SSSR count). The molecule has 5 nitrogen and oxygen atoms in total. The number of hydrogen-bond acceptors (Lipinski definition) is 3. The van der Waals surface area contributed by atoms with Crippen molar-refractivity contribution in [3.8, 4) is 0 Å². The molecule has 1 aromatic rings. The van der Waals surface area contributed by atoms with Crippen molar-refractivity contribution in [3.05, 3.63) is 35.4 Å². The third kappa shape index (κ3) is 2.05. The minimum Gasteiger partial charge on any atom is -0.342 e. The van der Waals surface area contributed by atoms with E-state index in [9.17, 15) is 14.4 Å². The molecule has 1 saturated heterocycles. The Morgan fingerprint density at radius 3 is 2.04 bits per heavy atom. The Morgan fingerprint density at radius 2 is 1.46 bits per heavy atom. The van der Waals surface area contributed by atoms with E-state index in [1.165, 1.54) is 0 Å². The Bertz CT molecular complexity index is 852. The highest BCUT2D eigenvalue weighted by atomic mass is 16.2. The third-order valence-electron chi connectivity index (χ3n) is 8.15. The van der Waals surface area contributed by atoms with Crippen LogP contribution in [0.5, 0.6) is 0 Å². The van der Waals surface area contributed by atoms with E-state index in [1.807, 2.05) is 12.1 Å². The van der Waals surface area contributed by atoms with Crippen molar-refractivity contribution in [1.29, 1.82) is 0 Å². The van der Waals surface area contributed by atoms with Crippen LogP contribution in [0.25, 0.3) is 0 Å². The Hall–Kier alpha value is -2.17. The number of benzene rings is 1. The smallest absolute Gasteiger partial charge is 0.262 e. The maximum Gasteiger partial charge on any atom is 0.262 e. The van der Waals surface area contributed by atoms with Gasteiger partial charge in [0.2, 0.25) is 5.91 Å². The lowest BCUT2D eigenvalue weighted by Gasteiger charge is -2.63. The lowest BCUT2D eigenvalue weighted by molar-refractivity contribution is -0.165. The summed E-state index contributed by atoms with van der Waals surface area (Å²) in [7, 11) is 0. The van der Waals surface area contributed by atoms with Crippen molar-refractivity contribution >= 4 is 17.7 Å². The Kier molecular flexibility index (Phi) is 3.27. The molecular formula is C23H26N2O3. The van der Waals surface area contributed by atoms with Crippen LogP contribution in [-0.4, -0.2) is 46.1 Å². The quantitative estimate of drug-likeness (QED) is 0.743. The molecule has 0 radical (unpaired) electrons. The van der Waals surface area contributed by atoms with Crippen molar-refractivity contribution in [3.63, 3.8) is 0 Å². The Balaban J connectivity index is 1.40. The number of carbonyl (C=O) groups excluding carboxylic acids is 3. The van der Waals surface area contributed by atoms with Crippen LogP contribution in [0, 0.1) is 17.3 Å². The van der Waals surface area contributed by atoms with E-state index in [0.717, 1.165) is 58.0 Å². The van der Waals surface area contributed by atoms with Crippen LogP contribution in [0.1, 0.15) is 72.1 Å². The number of carbonyl (C=O) groups is 3. The maximum atomic E-state index is 13.6. The molecule has 28 heavy (non-hydrogen) atoms. The summed E-state index contributed by atoms with van der Waals surface area (Å²) in [5.41, 5.74) is 0.238. The molecule has 3 amide bonds. The first-order valence-corrected chi connectivity index (χ1v) is 10.8. The van der Waals surface area contributed by atoms with Gasteiger partial charge in [0.1, 0.15) is 0 Å². The van der Waals surface area contributed by atoms with Crippen molar-refractivity contribution in [1.82, 2.24) is 9.80 Å². The van der Waals surface area contributed by atoms with Crippen LogP contribution in [0.15, 0.2) is 24.3 Å². The Labute approximate surface area is 165 Å². The van der Waals surface area contributed by atoms with E-state index in [4.69, 9.17) is 0 Å². The third-order valence-corrected chi connectivity index (χ3v) is 8.15. The highest BCUT2D eigenvalue weighted by Gasteiger charge is 2.65. The molecule has 146 valence electrons. The average molecular weight is 378 g/mol. The number of hydrogen-bond donors (Lipinski definition) is 0. The van der Waals surface area contributed by atoms with Gasteiger partial charge in [0.15, 0.2) is 0 Å². The average Bonchev–Trinajstić information content (AvgIpc) is 3.28. The summed E-state index contributed by atoms with van der Waals surface area (Å²) in [6.45, 7) is 1.74. The molecule has 2 heterocycles. The molecule has 2 unspecified atom stereocenters. The van der Waals surface area contributed by atoms with E-state index in [-0.39, 0.29) is 17.2 Å². The van der Waals surface area contributed by atoms with Gasteiger partial charge < -0.3 is 4.90 Å². The molecule has 4 bridgehead atoms. The minimum absolute atomic E-state index is 0.147. The van der Waals surface area contributed by atoms with Crippen molar-refractivity contribution < 1.29 is 14.4 Å². The van der Waals surface area contributed by atoms with E-state index in [0.29, 0.717) is 35.3 Å². The van der Waals surface area contributed by atoms with Crippen LogP contribution < -0.4 is 0 Å². The van der Waals surface area contributed by atoms with Crippen LogP contribution in [0.4, 0.5) is 0 Å². The van der Waals surface area contributed by atoms with Crippen molar-refractivity contribution in [2.75, 3.05) is 13.1 Å². The Morgan fingerprint density at radius 1 is 0.893 bits per heavy atom. The predicted molar refractivity (Wildman–Crippen MR) is 103 cm³/mol. The van der Waals surface area contributed by atoms with Gasteiger partial charge in [-0.1, -0.05) is 12.1 Å². The zero-order valence-corrected chi connectivity index (χ0v) is 16.2. The first-order chi connectivity index (χ1) is 13.5. The maximum absolute atomic E-state index is 13.6. The standard InChI is InChI=1S/C23H26N2O3/c26-19-17-5-1-2-6-18(17)20(27)25(19)23-12-15-9-16(13-23)11-22(10-15,14-23)21(28)24-7-3-4-8-24/h1-2,5-6,15-16H,3-4,7-14H2. The van der Waals surface area contributed by atoms with Gasteiger partial charge in [0.05, 0.1) is 22.1 Å². The number of imide groups is 1. The fraction of sp³-hybridized carbons (Fsp3) is 0.609. The number of rotatable bonds is 2. The van der Waals surface area contributed by atoms with Gasteiger partial charge in [-0.05, 0) is 75.3 Å². The topological polar surface area (TPSA) is 57.7 Å². The first-order valence-electron chi connectivity index (χ1n) is 10.8. The van der Waals surface area contributed by atoms with Gasteiger partial charge in [0.25, 0.3) is 11.8 Å². The number of amides is 3. The van der Waals surface area contributed by atoms with Gasteiger partial charge >= 0.3 is 0 Å². The zero-order valence-electron chi connectivity index (χ0n) is 16.2. The first kappa shape index (κ1) is 16.8. The molecule has 4 aliphatic carbocycles. The van der Waals surface area contributed by atoms with Gasteiger partial charge in [-0.15, -0.1) is 0 Å². The highest BCUT2D eigenvalue weighted by Crippen LogP contribution is 2.64. The second-order valence-corrected chi connectivity index (χ2v) is 9.96. The summed E-state index contributed by atoms with van der Waals surface area (Å²) in [6, 6.07) is 7.18. The fourth-order valence-electron chi connectivity index (χ4n) is 7.60. The lowest BCUT2D eigenvalue weighted by Crippen LogP contribution is -2.67. The lowest BCUT2D eigenvalue weighted by atomic mass is 9.46. The van der Waals surface area contributed by atoms with Crippen LogP contribution in [0.2, 0.25) is 0 Å². The van der Waals surface area contributed by atoms with Crippen LogP contribution >= 0.6 is 0 Å². The van der Waals surface area contributed by atoms with Crippen molar-refractivity contribution in [2.45, 2.75) is 56.9 Å². The fourth-order valence-corrected chi connectivity index (χ4v) is 7.60. The highest BCUT2D eigenvalue weighted by molar-refractivity contribution is 6.22. The predicted octanol–water partition coefficient (Wildman–Crippen LogP) is 3.24. The van der Waals surface area contributed by atoms with Crippen molar-refractivity contribution in [2.24, 2.45) is 17.3 Å². The summed E-state index contributed by atoms with van der Waals surface area (Å²) in [6.07, 6.45) is 7.67. The molecule has 0 N–H and O–H groups in total. The molecule has 5 heteroatoms. The summed E-state index contributed by atoms with van der Waals surface area (Å²) in [5, 5.41) is 0. The van der Waals surface area contributed by atoms with E-state index >= 15 is 0 Å². The summed E-state index contributed by atoms with van der Waals surface area (Å²) in [4.78, 5) is 43.7. The van der Waals surface area contributed by atoms with Gasteiger partial charge in [-0.3, -0.25) is 19.3 Å². The molecule has 0 aromatic heterocycles. The van der Waals surface area contributed by atoms with Crippen LogP contribution in [0.3, 0.4) is 0 Å². The van der Waals surface area contributed by atoms with Gasteiger partial charge in [-0.2, -0.15) is 0 Å². The number of nitrogens with zero attached hydrogens (tertiary/aromatic N) is 2. The SMILES string of the molecule is O=C1c2ccccc2C(=O)N1C12CC3CC(CC(C(=O)N4CCCC4)(C3)C1)C2. The van der Waals surface area contributed by atoms with Crippen LogP contribution in [-0.2, 0) is 4.79 Å². The molecule has 6 aliphatic rings. The second-order valence-electron chi connectivity index (χ2n) is 9.96. The largest absolute Gasteiger partial charge is 0.342 e. The molecule has 0 spiro atoms. The number of likely N-dealkylation sites (tertiary alicyclic amines) is 1. The summed E-state index contributed by atoms with van der Waals surface area (Å²) in [5.74, 6) is 0.923. The molecule has 2 atom stereocenters. The van der Waals surface area contributed by atoms with E-state index in [1.54, 1.807) is 17.0 Å². The monoisotopic (exact) mass is 378 g/mol. The molecule has 4 saturated carbocycles. The summed E-state index contributed by atoms with van der Waals surface area (Å²) < 4.78 is 0. The van der Waals surface area contributed by atoms with Gasteiger partial charge in [-0.25, -0.2) is 0 Å². The molecule has 5 fully saturated rings.